The molecule has 0 aliphatic carbocycles. The Morgan fingerprint density at radius 3 is 2.39 bits per heavy atom. The summed E-state index contributed by atoms with van der Waals surface area (Å²) in [7, 11) is 0. The number of ketones is 1. The Balaban J connectivity index is 1.79. The average Bonchev–Trinajstić information content (AvgIpc) is 2.51. The molecule has 0 radical (unpaired) electrons. The number of benzene rings is 2. The molecule has 4 nitrogen and oxygen atoms in total. The van der Waals surface area contributed by atoms with Crippen molar-refractivity contribution in [1.82, 2.24) is 5.32 Å². The monoisotopic (exact) mass is 330 g/mol. The number of nitrogens with one attached hydrogen (secondary N) is 2. The first kappa shape index (κ1) is 17.0. The van der Waals surface area contributed by atoms with Crippen LogP contribution in [-0.2, 0) is 0 Å². The second kappa shape index (κ2) is 7.79. The molecule has 0 saturated carbocycles. The van der Waals surface area contributed by atoms with Crippen molar-refractivity contribution >= 4 is 29.1 Å². The molecule has 0 aliphatic heterocycles. The number of carbonyl (C=O) groups excluding carboxylic acids is 2. The Kier molecular flexibility index (Phi) is 5.77. The molecule has 2 N–H and O–H groups in total. The second-order valence-corrected chi connectivity index (χ2v) is 5.79. The van der Waals surface area contributed by atoms with Gasteiger partial charge in [-0.1, -0.05) is 47.5 Å². The van der Waals surface area contributed by atoms with E-state index in [4.69, 9.17) is 11.6 Å². The maximum atomic E-state index is 12.0. The number of hydrogen-bond donors (Lipinski definition) is 2. The van der Waals surface area contributed by atoms with E-state index in [-0.39, 0.29) is 24.8 Å². The third-order valence-corrected chi connectivity index (χ3v) is 3.85. The summed E-state index contributed by atoms with van der Waals surface area (Å²) in [6, 6.07) is 12.3. The molecule has 2 rings (SSSR count). The summed E-state index contributed by atoms with van der Waals surface area (Å²) in [5.74, 6) is 0.00341. The number of amides is 2. The van der Waals surface area contributed by atoms with Gasteiger partial charge in [0.05, 0.1) is 0 Å². The first-order chi connectivity index (χ1) is 11.0. The number of carbonyl (C=O) groups is 2. The Bertz CT molecular complexity index is 711. The van der Waals surface area contributed by atoms with Gasteiger partial charge < -0.3 is 10.6 Å². The van der Waals surface area contributed by atoms with E-state index in [0.717, 1.165) is 11.1 Å². The summed E-state index contributed by atoms with van der Waals surface area (Å²) in [5, 5.41) is 5.94. The van der Waals surface area contributed by atoms with Crippen molar-refractivity contribution in [1.29, 1.82) is 0 Å². The standard InChI is InChI=1S/C18H19ClN2O2/c1-12-3-6-14(7-4-12)17(22)9-10-20-18(23)21-15-8-5-13(2)16(19)11-15/h3-8,11H,9-10H2,1-2H3,(H2,20,21,23). The van der Waals surface area contributed by atoms with Crippen LogP contribution in [0, 0.1) is 13.8 Å². The maximum absolute atomic E-state index is 12.0. The number of Topliss-reactive ketones (excluding diaryl/α,β-unsaturated/α-hetero) is 1. The van der Waals surface area contributed by atoms with Crippen LogP contribution in [0.2, 0.25) is 5.02 Å². The Labute approximate surface area is 140 Å². The average molecular weight is 331 g/mol. The lowest BCUT2D eigenvalue weighted by atomic mass is 10.1. The summed E-state index contributed by atoms with van der Waals surface area (Å²) < 4.78 is 0. The van der Waals surface area contributed by atoms with Gasteiger partial charge in [-0.05, 0) is 31.5 Å². The fourth-order valence-corrected chi connectivity index (χ4v) is 2.20. The lowest BCUT2D eigenvalue weighted by Crippen LogP contribution is -2.30. The van der Waals surface area contributed by atoms with Crippen molar-refractivity contribution in [3.05, 3.63) is 64.2 Å². The van der Waals surface area contributed by atoms with Gasteiger partial charge in [0, 0.05) is 29.2 Å². The lowest BCUT2D eigenvalue weighted by molar-refractivity contribution is 0.0984. The molecule has 0 aliphatic rings. The Morgan fingerprint density at radius 2 is 1.74 bits per heavy atom. The van der Waals surface area contributed by atoms with E-state index in [9.17, 15) is 9.59 Å². The number of halogens is 1. The fourth-order valence-electron chi connectivity index (χ4n) is 2.02. The van der Waals surface area contributed by atoms with Crippen LogP contribution in [0.4, 0.5) is 10.5 Å². The zero-order valence-electron chi connectivity index (χ0n) is 13.2. The van der Waals surface area contributed by atoms with Crippen molar-refractivity contribution < 1.29 is 9.59 Å². The highest BCUT2D eigenvalue weighted by Gasteiger charge is 2.07. The molecular weight excluding hydrogens is 312 g/mol. The molecule has 5 heteroatoms. The van der Waals surface area contributed by atoms with Gasteiger partial charge in [-0.3, -0.25) is 4.79 Å². The van der Waals surface area contributed by atoms with Crippen LogP contribution in [0.5, 0.6) is 0 Å². The van der Waals surface area contributed by atoms with Gasteiger partial charge in [-0.15, -0.1) is 0 Å². The largest absolute Gasteiger partial charge is 0.337 e. The fraction of sp³-hybridized carbons (Fsp3) is 0.222. The molecule has 0 spiro atoms. The topological polar surface area (TPSA) is 58.2 Å². The quantitative estimate of drug-likeness (QED) is 0.801. The summed E-state index contributed by atoms with van der Waals surface area (Å²) in [5.41, 5.74) is 3.32. The van der Waals surface area contributed by atoms with E-state index < -0.39 is 0 Å². The predicted octanol–water partition coefficient (Wildman–Crippen LogP) is 4.35. The molecule has 0 saturated heterocycles. The Morgan fingerprint density at radius 1 is 1.04 bits per heavy atom. The lowest BCUT2D eigenvalue weighted by Gasteiger charge is -2.08. The van der Waals surface area contributed by atoms with Gasteiger partial charge >= 0.3 is 6.03 Å². The third-order valence-electron chi connectivity index (χ3n) is 3.44. The highest BCUT2D eigenvalue weighted by atomic mass is 35.5. The smallest absolute Gasteiger partial charge is 0.319 e. The van der Waals surface area contributed by atoms with Crippen molar-refractivity contribution in [2.75, 3.05) is 11.9 Å². The van der Waals surface area contributed by atoms with Crippen LogP contribution < -0.4 is 10.6 Å². The van der Waals surface area contributed by atoms with Crippen molar-refractivity contribution in [3.8, 4) is 0 Å². The van der Waals surface area contributed by atoms with Crippen LogP contribution in [0.3, 0.4) is 0 Å². The van der Waals surface area contributed by atoms with E-state index in [0.29, 0.717) is 16.3 Å². The molecule has 23 heavy (non-hydrogen) atoms. The molecule has 0 bridgehead atoms. The highest BCUT2D eigenvalue weighted by Crippen LogP contribution is 2.19. The van der Waals surface area contributed by atoms with Gasteiger partial charge in [-0.25, -0.2) is 4.79 Å². The van der Waals surface area contributed by atoms with Crippen LogP contribution in [-0.4, -0.2) is 18.4 Å². The van der Waals surface area contributed by atoms with Crippen LogP contribution in [0.1, 0.15) is 27.9 Å². The van der Waals surface area contributed by atoms with Gasteiger partial charge in [-0.2, -0.15) is 0 Å². The number of rotatable bonds is 5. The third kappa shape index (κ3) is 5.11. The first-order valence-electron chi connectivity index (χ1n) is 7.36. The van der Waals surface area contributed by atoms with E-state index in [1.54, 1.807) is 24.3 Å². The zero-order valence-corrected chi connectivity index (χ0v) is 13.9. The summed E-state index contributed by atoms with van der Waals surface area (Å²) in [6.45, 7) is 4.14. The van der Waals surface area contributed by atoms with Crippen LogP contribution in [0.15, 0.2) is 42.5 Å². The summed E-state index contributed by atoms with van der Waals surface area (Å²) in [6.07, 6.45) is 0.255. The molecule has 2 aromatic rings. The van der Waals surface area contributed by atoms with Gasteiger partial charge in [0.15, 0.2) is 5.78 Å². The minimum atomic E-state index is -0.360. The number of anilines is 1. The molecule has 0 heterocycles. The molecule has 2 aromatic carbocycles. The van der Waals surface area contributed by atoms with E-state index in [2.05, 4.69) is 10.6 Å². The van der Waals surface area contributed by atoms with E-state index in [1.807, 2.05) is 32.0 Å². The normalized spacial score (nSPS) is 10.2. The molecule has 0 aromatic heterocycles. The van der Waals surface area contributed by atoms with Gasteiger partial charge in [0.25, 0.3) is 0 Å². The number of urea groups is 1. The van der Waals surface area contributed by atoms with E-state index >= 15 is 0 Å². The van der Waals surface area contributed by atoms with Gasteiger partial charge in [0.1, 0.15) is 0 Å². The summed E-state index contributed by atoms with van der Waals surface area (Å²) >= 11 is 6.01. The first-order valence-corrected chi connectivity index (χ1v) is 7.74. The molecule has 0 atom stereocenters. The molecule has 2 amide bonds. The SMILES string of the molecule is Cc1ccc(C(=O)CCNC(=O)Nc2ccc(C)c(Cl)c2)cc1. The minimum absolute atomic E-state index is 0.00341. The molecule has 120 valence electrons. The summed E-state index contributed by atoms with van der Waals surface area (Å²) in [4.78, 5) is 23.8. The van der Waals surface area contributed by atoms with Crippen molar-refractivity contribution in [2.24, 2.45) is 0 Å². The molecule has 0 unspecified atom stereocenters. The highest BCUT2D eigenvalue weighted by molar-refractivity contribution is 6.31. The van der Waals surface area contributed by atoms with Crippen molar-refractivity contribution in [3.63, 3.8) is 0 Å². The number of aryl methyl sites for hydroxylation is 2. The minimum Gasteiger partial charge on any atom is -0.337 e. The number of hydrogen-bond acceptors (Lipinski definition) is 2. The molecular formula is C18H19ClN2O2. The molecule has 0 fully saturated rings. The van der Waals surface area contributed by atoms with Gasteiger partial charge in [0.2, 0.25) is 0 Å². The van der Waals surface area contributed by atoms with E-state index in [1.165, 1.54) is 0 Å². The van der Waals surface area contributed by atoms with Crippen molar-refractivity contribution in [2.45, 2.75) is 20.3 Å². The van der Waals surface area contributed by atoms with Crippen LogP contribution >= 0.6 is 11.6 Å². The Hall–Kier alpha value is -2.33. The zero-order chi connectivity index (χ0) is 16.8. The van der Waals surface area contributed by atoms with Crippen LogP contribution in [0.25, 0.3) is 0 Å². The maximum Gasteiger partial charge on any atom is 0.319 e. The predicted molar refractivity (Wildman–Crippen MR) is 93.3 cm³/mol. The second-order valence-electron chi connectivity index (χ2n) is 5.38.